The van der Waals surface area contributed by atoms with Crippen molar-refractivity contribution in [2.75, 3.05) is 13.2 Å². The first kappa shape index (κ1) is 28.0. The Labute approximate surface area is 216 Å². The summed E-state index contributed by atoms with van der Waals surface area (Å²) >= 11 is 0. The third-order valence-electron chi connectivity index (χ3n) is 5.48. The molecule has 8 nitrogen and oxygen atoms in total. The molecule has 0 aliphatic rings. The van der Waals surface area contributed by atoms with Crippen LogP contribution < -0.4 is 10.1 Å². The van der Waals surface area contributed by atoms with Crippen molar-refractivity contribution >= 4 is 16.9 Å². The number of para-hydroxylation sites is 1. The van der Waals surface area contributed by atoms with Gasteiger partial charge in [-0.3, -0.25) is 4.79 Å². The average molecular weight is 557 g/mol. The molecule has 14 heteroatoms. The summed E-state index contributed by atoms with van der Waals surface area (Å²) in [4.78, 5) is 16.3. The summed E-state index contributed by atoms with van der Waals surface area (Å²) < 4.78 is 96.0. The summed E-state index contributed by atoms with van der Waals surface area (Å²) in [6.45, 7) is -0.155. The lowest BCUT2D eigenvalue weighted by atomic mass is 10.1. The number of amides is 1. The maximum atomic E-state index is 13.0. The van der Waals surface area contributed by atoms with E-state index in [0.29, 0.717) is 23.1 Å². The highest BCUT2D eigenvalue weighted by atomic mass is 19.4. The minimum absolute atomic E-state index is 0.0160. The fourth-order valence-corrected chi connectivity index (χ4v) is 3.56. The molecule has 2 aromatic carbocycles. The average Bonchev–Trinajstić information content (AvgIpc) is 3.52. The molecule has 2 aromatic heterocycles. The summed E-state index contributed by atoms with van der Waals surface area (Å²) in [5.41, 5.74) is 0.780. The standard InChI is InChI=1S/C25H21F6N3O5/c1-2-15(11-37-16-9-7-14(8-10-16)21-33-23(39-34-21)25(29,30)31)32-22(35)20-18(12-36-13-24(26,27)28)17-5-3-4-6-19(17)38-20/h3-10,15H,2,11-13H2,1H3,(H,32,35)/t15-/m0/s1. The van der Waals surface area contributed by atoms with E-state index in [2.05, 4.69) is 20.0 Å². The second kappa shape index (κ2) is 11.4. The number of ether oxygens (including phenoxy) is 2. The van der Waals surface area contributed by atoms with E-state index in [-0.39, 0.29) is 29.3 Å². The number of carbonyl (C=O) groups excluding carboxylic acids is 1. The quantitative estimate of drug-likeness (QED) is 0.233. The highest BCUT2D eigenvalue weighted by molar-refractivity contribution is 5.99. The zero-order chi connectivity index (χ0) is 28.2. The van der Waals surface area contributed by atoms with Gasteiger partial charge < -0.3 is 23.7 Å². The second-order valence-corrected chi connectivity index (χ2v) is 8.35. The predicted molar refractivity (Wildman–Crippen MR) is 124 cm³/mol. The number of aromatic nitrogens is 2. The van der Waals surface area contributed by atoms with E-state index < -0.39 is 43.4 Å². The third kappa shape index (κ3) is 7.07. The first-order valence-electron chi connectivity index (χ1n) is 11.5. The number of hydrogen-bond acceptors (Lipinski definition) is 7. The number of nitrogens with one attached hydrogen (secondary N) is 1. The van der Waals surface area contributed by atoms with Crippen molar-refractivity contribution in [1.82, 2.24) is 15.5 Å². The molecule has 208 valence electrons. The summed E-state index contributed by atoms with van der Waals surface area (Å²) in [7, 11) is 0. The van der Waals surface area contributed by atoms with Gasteiger partial charge in [0.2, 0.25) is 5.82 Å². The van der Waals surface area contributed by atoms with E-state index in [1.807, 2.05) is 0 Å². The Morgan fingerprint density at radius 2 is 1.77 bits per heavy atom. The van der Waals surface area contributed by atoms with Crippen LogP contribution in [0.25, 0.3) is 22.4 Å². The number of carbonyl (C=O) groups is 1. The SMILES string of the molecule is CC[C@@H](COc1ccc(-c2noc(C(F)(F)F)n2)cc1)NC(=O)c1oc2ccccc2c1COCC(F)(F)F. The number of alkyl halides is 6. The van der Waals surface area contributed by atoms with Crippen molar-refractivity contribution < 1.29 is 49.6 Å². The van der Waals surface area contributed by atoms with E-state index in [0.717, 1.165) is 0 Å². The van der Waals surface area contributed by atoms with Crippen LogP contribution in [-0.2, 0) is 17.5 Å². The Bertz CT molecular complexity index is 1410. The van der Waals surface area contributed by atoms with Crippen molar-refractivity contribution in [1.29, 1.82) is 0 Å². The zero-order valence-electron chi connectivity index (χ0n) is 20.2. The molecule has 0 unspecified atom stereocenters. The highest BCUT2D eigenvalue weighted by Gasteiger charge is 2.38. The van der Waals surface area contributed by atoms with E-state index in [4.69, 9.17) is 13.9 Å². The topological polar surface area (TPSA) is 99.6 Å². The van der Waals surface area contributed by atoms with Crippen molar-refractivity contribution in [3.8, 4) is 17.1 Å². The zero-order valence-corrected chi connectivity index (χ0v) is 20.2. The molecular formula is C25H21F6N3O5. The van der Waals surface area contributed by atoms with Crippen LogP contribution in [0.4, 0.5) is 26.3 Å². The minimum atomic E-state index is -4.76. The van der Waals surface area contributed by atoms with Gasteiger partial charge in [-0.15, -0.1) is 0 Å². The normalized spacial score (nSPS) is 13.0. The smallest absolute Gasteiger partial charge is 0.471 e. The van der Waals surface area contributed by atoms with Crippen LogP contribution in [0, 0.1) is 0 Å². The molecule has 39 heavy (non-hydrogen) atoms. The van der Waals surface area contributed by atoms with Crippen LogP contribution in [0.1, 0.15) is 35.4 Å². The molecule has 0 bridgehead atoms. The van der Waals surface area contributed by atoms with Crippen LogP contribution in [0.5, 0.6) is 5.75 Å². The van der Waals surface area contributed by atoms with E-state index in [9.17, 15) is 31.1 Å². The molecule has 1 amide bonds. The maximum absolute atomic E-state index is 13.0. The lowest BCUT2D eigenvalue weighted by Crippen LogP contribution is -2.38. The molecular weight excluding hydrogens is 536 g/mol. The van der Waals surface area contributed by atoms with E-state index in [1.54, 1.807) is 31.2 Å². The number of benzene rings is 2. The van der Waals surface area contributed by atoms with Crippen molar-refractivity contribution in [3.05, 3.63) is 65.7 Å². The number of fused-ring (bicyclic) bond motifs is 1. The molecule has 0 radical (unpaired) electrons. The van der Waals surface area contributed by atoms with Gasteiger partial charge in [0.1, 0.15) is 24.5 Å². The van der Waals surface area contributed by atoms with Crippen LogP contribution in [-0.4, -0.2) is 41.5 Å². The molecule has 4 rings (SSSR count). The Hall–Kier alpha value is -4.07. The number of halogens is 6. The lowest BCUT2D eigenvalue weighted by molar-refractivity contribution is -0.176. The predicted octanol–water partition coefficient (Wildman–Crippen LogP) is 6.17. The highest BCUT2D eigenvalue weighted by Crippen LogP contribution is 2.30. The molecule has 0 spiro atoms. The van der Waals surface area contributed by atoms with Crippen LogP contribution in [0.3, 0.4) is 0 Å². The number of nitrogens with zero attached hydrogens (tertiary/aromatic N) is 2. The van der Waals surface area contributed by atoms with Crippen molar-refractivity contribution in [2.24, 2.45) is 0 Å². The molecule has 2 heterocycles. The molecule has 0 saturated carbocycles. The first-order valence-corrected chi connectivity index (χ1v) is 11.5. The first-order chi connectivity index (χ1) is 18.4. The monoisotopic (exact) mass is 557 g/mol. The maximum Gasteiger partial charge on any atom is 0.471 e. The molecule has 0 aliphatic heterocycles. The van der Waals surface area contributed by atoms with Gasteiger partial charge in [0.05, 0.1) is 12.6 Å². The molecule has 1 N–H and O–H groups in total. The van der Waals surface area contributed by atoms with Crippen LogP contribution in [0.2, 0.25) is 0 Å². The van der Waals surface area contributed by atoms with Crippen molar-refractivity contribution in [3.63, 3.8) is 0 Å². The van der Waals surface area contributed by atoms with Crippen LogP contribution in [0.15, 0.2) is 57.5 Å². The summed E-state index contributed by atoms with van der Waals surface area (Å²) in [6.07, 6.45) is -8.84. The Morgan fingerprint density at radius 3 is 2.41 bits per heavy atom. The molecule has 0 fully saturated rings. The fraction of sp³-hybridized carbons (Fsp3) is 0.320. The van der Waals surface area contributed by atoms with Crippen molar-refractivity contribution in [2.45, 2.75) is 38.3 Å². The molecule has 0 saturated heterocycles. The Morgan fingerprint density at radius 1 is 1.05 bits per heavy atom. The third-order valence-corrected chi connectivity index (χ3v) is 5.48. The Balaban J connectivity index is 1.40. The van der Waals surface area contributed by atoms with Gasteiger partial charge in [0, 0.05) is 16.5 Å². The van der Waals surface area contributed by atoms with E-state index in [1.165, 1.54) is 24.3 Å². The Kier molecular flexibility index (Phi) is 8.14. The minimum Gasteiger partial charge on any atom is -0.491 e. The number of furan rings is 1. The second-order valence-electron chi connectivity index (χ2n) is 8.35. The lowest BCUT2D eigenvalue weighted by Gasteiger charge is -2.17. The van der Waals surface area contributed by atoms with Crippen LogP contribution >= 0.6 is 0 Å². The van der Waals surface area contributed by atoms with Gasteiger partial charge in [0.25, 0.3) is 5.91 Å². The molecule has 0 aliphatic carbocycles. The summed E-state index contributed by atoms with van der Waals surface area (Å²) in [5.74, 6) is -2.16. The number of hydrogen-bond donors (Lipinski definition) is 1. The largest absolute Gasteiger partial charge is 0.491 e. The molecule has 4 aromatic rings. The fourth-order valence-electron chi connectivity index (χ4n) is 3.56. The summed E-state index contributed by atoms with van der Waals surface area (Å²) in [5, 5.41) is 6.51. The summed E-state index contributed by atoms with van der Waals surface area (Å²) in [6, 6.07) is 11.9. The number of rotatable bonds is 10. The van der Waals surface area contributed by atoms with Gasteiger partial charge in [-0.05, 0) is 36.8 Å². The van der Waals surface area contributed by atoms with Gasteiger partial charge in [-0.1, -0.05) is 30.3 Å². The van der Waals surface area contributed by atoms with Gasteiger partial charge in [0.15, 0.2) is 5.76 Å². The van der Waals surface area contributed by atoms with Gasteiger partial charge in [-0.2, -0.15) is 31.3 Å². The van der Waals surface area contributed by atoms with E-state index >= 15 is 0 Å². The molecule has 1 atom stereocenters. The van der Waals surface area contributed by atoms with Gasteiger partial charge >= 0.3 is 18.2 Å². The van der Waals surface area contributed by atoms with Gasteiger partial charge in [-0.25, -0.2) is 0 Å².